The summed E-state index contributed by atoms with van der Waals surface area (Å²) in [7, 11) is 0. The number of nitrogens with one attached hydrogen (secondary N) is 2. The predicted octanol–water partition coefficient (Wildman–Crippen LogP) is -1.85. The fourth-order valence-electron chi connectivity index (χ4n) is 6.42. The number of carbonyl (C=O) groups is 2. The van der Waals surface area contributed by atoms with Gasteiger partial charge in [0.1, 0.15) is 0 Å². The van der Waals surface area contributed by atoms with Gasteiger partial charge in [-0.05, 0) is 32.1 Å². The van der Waals surface area contributed by atoms with E-state index in [1.807, 2.05) is 0 Å². The van der Waals surface area contributed by atoms with E-state index in [-0.39, 0.29) is 61.1 Å². The van der Waals surface area contributed by atoms with Gasteiger partial charge in [-0.3, -0.25) is 9.59 Å². The van der Waals surface area contributed by atoms with Crippen LogP contribution in [-0.4, -0.2) is 55.0 Å². The second-order valence-electron chi connectivity index (χ2n) is 14.5. The summed E-state index contributed by atoms with van der Waals surface area (Å²) >= 11 is 0. The molecule has 51 heavy (non-hydrogen) atoms. The minimum absolute atomic E-state index is 0. The Kier molecular flexibility index (Phi) is 48.4. The average molecular weight is 788 g/mol. The fourth-order valence-corrected chi connectivity index (χ4v) is 6.42. The van der Waals surface area contributed by atoms with Crippen LogP contribution in [0.1, 0.15) is 194 Å². The topological polar surface area (TPSA) is 143 Å². The van der Waals surface area contributed by atoms with E-state index in [4.69, 9.17) is 5.73 Å². The van der Waals surface area contributed by atoms with Crippen LogP contribution in [0, 0.1) is 0 Å². The number of nitrogens with zero attached hydrogens (tertiary/aromatic N) is 1. The minimum Gasteiger partial charge on any atom is -1.00 e. The number of hydrogen-bond donors (Lipinski definition) is 5. The standard InChI is InChI=1S/C40H82N6O2.3ClH/c1-4-6-8-10-12-14-16-18-20-22-24-28-35-46(34-27-23-21-19-17-15-13-11-9-7-5-2)40(48)38(43)30-25-26-32-45-39(47)37(42)31-29-33-44-36(3)41;;;/h37-38,44H,3-35,41-43H2,1-2H3,(H,45,47);3*1H/p-1. The van der Waals surface area contributed by atoms with Crippen LogP contribution in [-0.2, 0) is 9.59 Å². The summed E-state index contributed by atoms with van der Waals surface area (Å²) in [6.07, 6.45) is 34.5. The predicted molar refractivity (Wildman–Crippen MR) is 205 cm³/mol. The molecule has 0 fully saturated rings. The molecule has 0 heterocycles. The molecule has 0 aromatic heterocycles. The SMILES string of the molecule is C=C(N)NCCCC([NH3+])C(=O)NCCCCC([NH3+])C(=O)N(CCCCCCCCCCCCC)CCCCCCCCCCCCCC.[Cl-].[Cl-].[Cl-]. The molecular weight excluding hydrogens is 703 g/mol. The Morgan fingerprint density at radius 3 is 1.27 bits per heavy atom. The third-order valence-corrected chi connectivity index (χ3v) is 9.70. The van der Waals surface area contributed by atoms with E-state index in [1.165, 1.54) is 135 Å². The first-order valence-corrected chi connectivity index (χ1v) is 20.7. The molecule has 0 aliphatic carbocycles. The van der Waals surface area contributed by atoms with Crippen LogP contribution in [0.25, 0.3) is 0 Å². The Labute approximate surface area is 334 Å². The first kappa shape index (κ1) is 56.8. The van der Waals surface area contributed by atoms with Crippen LogP contribution < -0.4 is 65.1 Å². The van der Waals surface area contributed by atoms with Crippen molar-refractivity contribution in [3.63, 3.8) is 0 Å². The Bertz CT molecular complexity index is 766. The monoisotopic (exact) mass is 786 g/mol. The molecule has 8 nitrogen and oxygen atoms in total. The summed E-state index contributed by atoms with van der Waals surface area (Å²) in [6, 6.07) is -0.486. The van der Waals surface area contributed by atoms with Gasteiger partial charge in [-0.25, -0.2) is 0 Å². The quantitative estimate of drug-likeness (QED) is 0.0472. The maximum Gasteiger partial charge on any atom is 0.280 e. The highest BCUT2D eigenvalue weighted by Gasteiger charge is 2.23. The third kappa shape index (κ3) is 38.6. The molecule has 308 valence electrons. The van der Waals surface area contributed by atoms with Gasteiger partial charge in [0.25, 0.3) is 11.8 Å². The van der Waals surface area contributed by atoms with Crippen molar-refractivity contribution in [2.24, 2.45) is 5.73 Å². The van der Waals surface area contributed by atoms with Gasteiger partial charge in [-0.2, -0.15) is 0 Å². The summed E-state index contributed by atoms with van der Waals surface area (Å²) in [5.74, 6) is 0.661. The fraction of sp³-hybridized carbons (Fsp3) is 0.900. The number of rotatable bonds is 37. The molecule has 0 aliphatic heterocycles. The number of quaternary nitrogens is 2. The molecule has 0 radical (unpaired) electrons. The van der Waals surface area contributed by atoms with E-state index in [0.29, 0.717) is 25.3 Å². The number of unbranched alkanes of at least 4 members (excludes halogenated alkanes) is 22. The zero-order chi connectivity index (χ0) is 35.5. The Hall–Kier alpha value is -0.930. The van der Waals surface area contributed by atoms with Crippen molar-refractivity contribution in [3.05, 3.63) is 12.4 Å². The van der Waals surface area contributed by atoms with Gasteiger partial charge in [0.2, 0.25) is 0 Å². The molecule has 2 amide bonds. The molecule has 10 N–H and O–H groups in total. The maximum atomic E-state index is 13.5. The molecule has 0 saturated carbocycles. The lowest BCUT2D eigenvalue weighted by molar-refractivity contribution is -0.407. The van der Waals surface area contributed by atoms with E-state index in [0.717, 1.165) is 51.6 Å². The normalized spacial score (nSPS) is 11.8. The van der Waals surface area contributed by atoms with Crippen LogP contribution in [0.4, 0.5) is 0 Å². The van der Waals surface area contributed by atoms with Crippen LogP contribution in [0.5, 0.6) is 0 Å². The number of hydrogen-bond acceptors (Lipinski definition) is 4. The highest BCUT2D eigenvalue weighted by Crippen LogP contribution is 2.14. The molecule has 0 bridgehead atoms. The summed E-state index contributed by atoms with van der Waals surface area (Å²) in [6.45, 7) is 11.2. The molecule has 0 spiro atoms. The lowest BCUT2D eigenvalue weighted by Crippen LogP contribution is -3.00. The second-order valence-corrected chi connectivity index (χ2v) is 14.5. The lowest BCUT2D eigenvalue weighted by atomic mass is 10.0. The molecule has 2 unspecified atom stereocenters. The van der Waals surface area contributed by atoms with E-state index >= 15 is 0 Å². The first-order valence-electron chi connectivity index (χ1n) is 20.7. The zero-order valence-electron chi connectivity index (χ0n) is 33.4. The summed E-state index contributed by atoms with van der Waals surface area (Å²) in [4.78, 5) is 28.0. The van der Waals surface area contributed by atoms with Gasteiger partial charge in [-0.15, -0.1) is 0 Å². The smallest absolute Gasteiger partial charge is 0.280 e. The highest BCUT2D eigenvalue weighted by atomic mass is 35.5. The van der Waals surface area contributed by atoms with Gasteiger partial charge in [0.05, 0.1) is 5.82 Å². The molecule has 0 rings (SSSR count). The Morgan fingerprint density at radius 2 is 0.882 bits per heavy atom. The van der Waals surface area contributed by atoms with Crippen molar-refractivity contribution >= 4 is 11.8 Å². The largest absolute Gasteiger partial charge is 1.00 e. The Balaban J connectivity index is -0.00000368. The van der Waals surface area contributed by atoms with Crippen LogP contribution in [0.2, 0.25) is 0 Å². The van der Waals surface area contributed by atoms with Crippen LogP contribution in [0.15, 0.2) is 12.4 Å². The van der Waals surface area contributed by atoms with Crippen molar-refractivity contribution in [1.82, 2.24) is 15.5 Å². The molecule has 0 saturated heterocycles. The molecule has 0 aromatic carbocycles. The van der Waals surface area contributed by atoms with Crippen molar-refractivity contribution in [3.8, 4) is 0 Å². The first-order chi connectivity index (χ1) is 23.3. The van der Waals surface area contributed by atoms with Gasteiger partial charge in [0, 0.05) is 39.0 Å². The Morgan fingerprint density at radius 1 is 0.529 bits per heavy atom. The van der Waals surface area contributed by atoms with Crippen molar-refractivity contribution in [2.75, 3.05) is 26.2 Å². The minimum atomic E-state index is -0.274. The number of halogens is 3. The maximum absolute atomic E-state index is 13.5. The average Bonchev–Trinajstić information content (AvgIpc) is 3.07. The summed E-state index contributed by atoms with van der Waals surface area (Å²) < 4.78 is 0. The number of nitrogens with two attached hydrogens (primary N) is 1. The zero-order valence-corrected chi connectivity index (χ0v) is 35.6. The molecular formula is C40H84Cl3N6O2-. The van der Waals surface area contributed by atoms with Crippen molar-refractivity contribution in [1.29, 1.82) is 0 Å². The van der Waals surface area contributed by atoms with E-state index in [1.54, 1.807) is 0 Å². The van der Waals surface area contributed by atoms with E-state index in [9.17, 15) is 9.59 Å². The molecule has 2 atom stereocenters. The van der Waals surface area contributed by atoms with Gasteiger partial charge in [0.15, 0.2) is 12.1 Å². The van der Waals surface area contributed by atoms with Gasteiger partial charge < -0.3 is 70.0 Å². The summed E-state index contributed by atoms with van der Waals surface area (Å²) in [5.41, 5.74) is 13.8. The molecule has 0 aliphatic rings. The van der Waals surface area contributed by atoms with E-state index < -0.39 is 0 Å². The second kappa shape index (κ2) is 43.5. The van der Waals surface area contributed by atoms with Crippen molar-refractivity contribution < 1.29 is 58.3 Å². The number of amides is 2. The van der Waals surface area contributed by atoms with E-state index in [2.05, 4.69) is 47.4 Å². The van der Waals surface area contributed by atoms with Crippen LogP contribution >= 0.6 is 0 Å². The van der Waals surface area contributed by atoms with Gasteiger partial charge in [-0.1, -0.05) is 155 Å². The lowest BCUT2D eigenvalue weighted by Gasteiger charge is -2.24. The highest BCUT2D eigenvalue weighted by molar-refractivity contribution is 5.80. The third-order valence-electron chi connectivity index (χ3n) is 9.70. The summed E-state index contributed by atoms with van der Waals surface area (Å²) in [5, 5.41) is 5.98. The van der Waals surface area contributed by atoms with Gasteiger partial charge >= 0.3 is 0 Å². The molecule has 11 heteroatoms. The molecule has 0 aromatic rings. The van der Waals surface area contributed by atoms with Crippen molar-refractivity contribution in [2.45, 2.75) is 206 Å². The number of carbonyl (C=O) groups excluding carboxylic acids is 2. The van der Waals surface area contributed by atoms with Crippen LogP contribution in [0.3, 0.4) is 0 Å².